The van der Waals surface area contributed by atoms with E-state index >= 15 is 0 Å². The zero-order chi connectivity index (χ0) is 24.3. The lowest BCUT2D eigenvalue weighted by Crippen LogP contribution is -2.35. The fraction of sp³-hybridized carbons (Fsp3) is 0.407. The fourth-order valence-electron chi connectivity index (χ4n) is 4.62. The Morgan fingerprint density at radius 1 is 0.943 bits per heavy atom. The molecule has 0 radical (unpaired) electrons. The Kier molecular flexibility index (Phi) is 7.53. The lowest BCUT2D eigenvalue weighted by molar-refractivity contribution is 0.00784. The van der Waals surface area contributed by atoms with E-state index in [2.05, 4.69) is 11.9 Å². The summed E-state index contributed by atoms with van der Waals surface area (Å²) in [5, 5.41) is 1.94. The number of likely N-dealkylation sites (tertiary alicyclic amines) is 1. The summed E-state index contributed by atoms with van der Waals surface area (Å²) in [6, 6.07) is 18.9. The van der Waals surface area contributed by atoms with Crippen LogP contribution in [0.3, 0.4) is 0 Å². The summed E-state index contributed by atoms with van der Waals surface area (Å²) in [7, 11) is -1.54. The highest BCUT2D eigenvalue weighted by Gasteiger charge is 2.30. The van der Waals surface area contributed by atoms with E-state index in [4.69, 9.17) is 9.47 Å². The first-order valence-corrected chi connectivity index (χ1v) is 14.6. The number of hydrogen-bond acceptors (Lipinski definition) is 6. The van der Waals surface area contributed by atoms with Crippen LogP contribution in [-0.2, 0) is 14.8 Å². The fourth-order valence-corrected chi connectivity index (χ4v) is 7.28. The highest BCUT2D eigenvalue weighted by atomic mass is 32.2. The molecule has 5 rings (SSSR count). The number of sulfonamides is 1. The van der Waals surface area contributed by atoms with Crippen molar-refractivity contribution in [2.45, 2.75) is 35.2 Å². The third-order valence-corrected chi connectivity index (χ3v) is 9.49. The van der Waals surface area contributed by atoms with Crippen molar-refractivity contribution in [2.24, 2.45) is 0 Å². The van der Waals surface area contributed by atoms with Gasteiger partial charge in [0.1, 0.15) is 5.75 Å². The van der Waals surface area contributed by atoms with Crippen LogP contribution in [0.15, 0.2) is 70.5 Å². The lowest BCUT2D eigenvalue weighted by atomic mass is 10.1. The molecule has 2 aliphatic rings. The molecule has 0 aliphatic carbocycles. The minimum absolute atomic E-state index is 0.312. The van der Waals surface area contributed by atoms with Gasteiger partial charge in [-0.25, -0.2) is 8.42 Å². The van der Waals surface area contributed by atoms with Gasteiger partial charge >= 0.3 is 0 Å². The molecule has 2 aliphatic heterocycles. The topological polar surface area (TPSA) is 59.1 Å². The Bertz CT molecular complexity index is 1270. The van der Waals surface area contributed by atoms with Crippen LogP contribution in [0.25, 0.3) is 10.8 Å². The van der Waals surface area contributed by atoms with Crippen molar-refractivity contribution in [2.75, 3.05) is 50.0 Å². The molecule has 0 bridgehead atoms. The Hall–Kier alpha value is -2.26. The smallest absolute Gasteiger partial charge is 0.264 e. The molecule has 3 aromatic rings. The second kappa shape index (κ2) is 10.8. The molecular formula is C27H32N2O4S2. The van der Waals surface area contributed by atoms with Gasteiger partial charge in [0.15, 0.2) is 0 Å². The third-order valence-electron chi connectivity index (χ3n) is 6.64. The SMILES string of the molecule is CN1CCC(OCCCOc2ccc3c(c2)N(S(=O)(=O)c2ccc4ccccc4c2)CCS3)CC1. The van der Waals surface area contributed by atoms with Crippen LogP contribution in [0, 0.1) is 0 Å². The number of anilines is 1. The quantitative estimate of drug-likeness (QED) is 0.395. The Balaban J connectivity index is 1.25. The molecular weight excluding hydrogens is 480 g/mol. The molecule has 35 heavy (non-hydrogen) atoms. The number of piperidine rings is 1. The number of ether oxygens (including phenoxy) is 2. The summed E-state index contributed by atoms with van der Waals surface area (Å²) in [4.78, 5) is 3.60. The Morgan fingerprint density at radius 3 is 2.57 bits per heavy atom. The molecule has 0 spiro atoms. The first-order chi connectivity index (χ1) is 17.0. The van der Waals surface area contributed by atoms with E-state index in [0.717, 1.165) is 48.0 Å². The summed E-state index contributed by atoms with van der Waals surface area (Å²) in [5.74, 6) is 1.40. The monoisotopic (exact) mass is 512 g/mol. The first-order valence-electron chi connectivity index (χ1n) is 12.2. The predicted octanol–water partition coefficient (Wildman–Crippen LogP) is 5.02. The maximum atomic E-state index is 13.6. The van der Waals surface area contributed by atoms with E-state index in [9.17, 15) is 8.42 Å². The summed E-state index contributed by atoms with van der Waals surface area (Å²) < 4.78 is 40.8. The number of fused-ring (bicyclic) bond motifs is 2. The number of thioether (sulfide) groups is 1. The molecule has 0 unspecified atom stereocenters. The zero-order valence-electron chi connectivity index (χ0n) is 20.1. The van der Waals surface area contributed by atoms with E-state index in [-0.39, 0.29) is 0 Å². The van der Waals surface area contributed by atoms with E-state index in [1.165, 1.54) is 4.31 Å². The molecule has 6 nitrogen and oxygen atoms in total. The van der Waals surface area contributed by atoms with Gasteiger partial charge in [-0.05, 0) is 54.9 Å². The lowest BCUT2D eigenvalue weighted by Gasteiger charge is -2.30. The van der Waals surface area contributed by atoms with Crippen molar-refractivity contribution in [1.82, 2.24) is 4.90 Å². The highest BCUT2D eigenvalue weighted by Crippen LogP contribution is 2.40. The van der Waals surface area contributed by atoms with Crippen LogP contribution in [0.2, 0.25) is 0 Å². The zero-order valence-corrected chi connectivity index (χ0v) is 21.7. The van der Waals surface area contributed by atoms with E-state index < -0.39 is 10.0 Å². The van der Waals surface area contributed by atoms with Crippen LogP contribution in [0.4, 0.5) is 5.69 Å². The maximum Gasteiger partial charge on any atom is 0.264 e. The molecule has 0 N–H and O–H groups in total. The van der Waals surface area contributed by atoms with E-state index in [1.807, 2.05) is 48.5 Å². The van der Waals surface area contributed by atoms with Crippen molar-refractivity contribution in [3.8, 4) is 5.75 Å². The van der Waals surface area contributed by atoms with Gasteiger partial charge in [0, 0.05) is 42.8 Å². The van der Waals surface area contributed by atoms with Gasteiger partial charge in [0.2, 0.25) is 0 Å². The minimum atomic E-state index is -3.69. The third kappa shape index (κ3) is 5.61. The summed E-state index contributed by atoms with van der Waals surface area (Å²) in [6.45, 7) is 3.83. The van der Waals surface area contributed by atoms with Crippen LogP contribution in [0.1, 0.15) is 19.3 Å². The molecule has 0 amide bonds. The van der Waals surface area contributed by atoms with Gasteiger partial charge < -0.3 is 14.4 Å². The summed E-state index contributed by atoms with van der Waals surface area (Å²) >= 11 is 1.68. The number of hydrogen-bond donors (Lipinski definition) is 0. The molecule has 0 saturated carbocycles. The summed E-state index contributed by atoms with van der Waals surface area (Å²) in [6.07, 6.45) is 3.32. The predicted molar refractivity (Wildman–Crippen MR) is 142 cm³/mol. The Labute approximate surface area is 212 Å². The minimum Gasteiger partial charge on any atom is -0.493 e. The van der Waals surface area contributed by atoms with Gasteiger partial charge in [0.25, 0.3) is 10.0 Å². The van der Waals surface area contributed by atoms with Gasteiger partial charge in [-0.2, -0.15) is 0 Å². The molecule has 1 saturated heterocycles. The molecule has 3 aromatic carbocycles. The van der Waals surface area contributed by atoms with Crippen molar-refractivity contribution >= 4 is 38.2 Å². The number of benzene rings is 3. The average molecular weight is 513 g/mol. The highest BCUT2D eigenvalue weighted by molar-refractivity contribution is 8.00. The molecule has 2 heterocycles. The van der Waals surface area contributed by atoms with Crippen LogP contribution >= 0.6 is 11.8 Å². The van der Waals surface area contributed by atoms with Crippen LogP contribution < -0.4 is 9.04 Å². The van der Waals surface area contributed by atoms with E-state index in [0.29, 0.717) is 47.9 Å². The van der Waals surface area contributed by atoms with Crippen molar-refractivity contribution in [1.29, 1.82) is 0 Å². The second-order valence-electron chi connectivity index (χ2n) is 9.14. The number of nitrogens with zero attached hydrogens (tertiary/aromatic N) is 2. The number of rotatable bonds is 8. The van der Waals surface area contributed by atoms with Gasteiger partial charge in [0.05, 0.1) is 29.9 Å². The van der Waals surface area contributed by atoms with Gasteiger partial charge in [-0.1, -0.05) is 30.3 Å². The second-order valence-corrected chi connectivity index (χ2v) is 12.1. The molecule has 186 valence electrons. The molecule has 8 heteroatoms. The molecule has 1 fully saturated rings. The maximum absolute atomic E-state index is 13.6. The Morgan fingerprint density at radius 2 is 1.74 bits per heavy atom. The standard InChI is InChI=1S/C27H32N2O4S2/c1-28-13-11-23(12-14-28)32-16-4-17-33-24-8-10-27-26(20-24)29(15-18-34-27)35(30,31)25-9-7-21-5-2-3-6-22(21)19-25/h2-3,5-10,19-20,23H,4,11-18H2,1H3. The molecule has 0 atom stereocenters. The largest absolute Gasteiger partial charge is 0.493 e. The first kappa shape index (κ1) is 24.4. The molecule has 0 aromatic heterocycles. The van der Waals surface area contributed by atoms with Crippen molar-refractivity contribution in [3.05, 3.63) is 60.7 Å². The van der Waals surface area contributed by atoms with Crippen LogP contribution in [0.5, 0.6) is 5.75 Å². The van der Waals surface area contributed by atoms with Gasteiger partial charge in [-0.3, -0.25) is 4.31 Å². The van der Waals surface area contributed by atoms with Crippen LogP contribution in [-0.4, -0.2) is 65.1 Å². The normalized spacial score (nSPS) is 17.5. The van der Waals surface area contributed by atoms with Gasteiger partial charge in [-0.15, -0.1) is 11.8 Å². The average Bonchev–Trinajstić information content (AvgIpc) is 2.88. The van der Waals surface area contributed by atoms with Crippen molar-refractivity contribution in [3.63, 3.8) is 0 Å². The summed E-state index contributed by atoms with van der Waals surface area (Å²) in [5.41, 5.74) is 0.689. The van der Waals surface area contributed by atoms with Crippen molar-refractivity contribution < 1.29 is 17.9 Å². The van der Waals surface area contributed by atoms with E-state index in [1.54, 1.807) is 23.9 Å².